The molecule has 0 unspecified atom stereocenters. The minimum Gasteiger partial charge on any atom is -0.481 e. The number of hydrogen-bond acceptors (Lipinski definition) is 5. The number of aliphatic carboxylic acids is 1. The summed E-state index contributed by atoms with van der Waals surface area (Å²) < 4.78 is 58.8. The van der Waals surface area contributed by atoms with Gasteiger partial charge in [0.25, 0.3) is 0 Å². The summed E-state index contributed by atoms with van der Waals surface area (Å²) in [6.45, 7) is -0.512. The van der Waals surface area contributed by atoms with Crippen LogP contribution in [-0.4, -0.2) is 59.3 Å². The number of carboxylic acids is 1. The molecule has 1 saturated carbocycles. The molecule has 1 aromatic rings. The number of Topliss-reactive ketones (excluding diaryl/α,β-unsaturated/α-hetero) is 1. The van der Waals surface area contributed by atoms with Crippen molar-refractivity contribution in [2.45, 2.75) is 51.0 Å². The first-order valence-electron chi connectivity index (χ1n) is 11.4. The molecule has 0 bridgehead atoms. The molecule has 3 rings (SSSR count). The molecule has 0 aromatic heterocycles. The zero-order chi connectivity index (χ0) is 25.7. The predicted octanol–water partition coefficient (Wildman–Crippen LogP) is 2.58. The number of carboxylic acid groups (broad SMARTS) is 1. The Morgan fingerprint density at radius 2 is 1.60 bits per heavy atom. The molecular formula is C23H26F4N2O6. The Kier molecular flexibility index (Phi) is 8.68. The molecule has 0 spiro atoms. The van der Waals surface area contributed by atoms with E-state index in [2.05, 4.69) is 10.1 Å². The Morgan fingerprint density at radius 3 is 2.20 bits per heavy atom. The van der Waals surface area contributed by atoms with Crippen molar-refractivity contribution in [1.29, 1.82) is 0 Å². The second-order valence-corrected chi connectivity index (χ2v) is 8.82. The van der Waals surface area contributed by atoms with E-state index in [1.165, 1.54) is 0 Å². The van der Waals surface area contributed by atoms with Crippen LogP contribution >= 0.6 is 0 Å². The first-order chi connectivity index (χ1) is 16.6. The third-order valence-corrected chi connectivity index (χ3v) is 6.32. The lowest BCUT2D eigenvalue weighted by molar-refractivity contribution is -0.141. The highest BCUT2D eigenvalue weighted by atomic mass is 19.2. The van der Waals surface area contributed by atoms with Crippen LogP contribution in [0, 0.1) is 35.1 Å². The molecule has 8 nitrogen and oxygen atoms in total. The van der Waals surface area contributed by atoms with E-state index in [0.29, 0.717) is 19.4 Å². The van der Waals surface area contributed by atoms with Gasteiger partial charge in [-0.1, -0.05) is 12.8 Å². The van der Waals surface area contributed by atoms with E-state index < -0.39 is 71.7 Å². The highest BCUT2D eigenvalue weighted by Crippen LogP contribution is 2.29. The Morgan fingerprint density at radius 1 is 1.00 bits per heavy atom. The second kappa shape index (κ2) is 11.5. The van der Waals surface area contributed by atoms with Gasteiger partial charge in [-0.2, -0.15) is 8.78 Å². The molecule has 2 amide bonds. The summed E-state index contributed by atoms with van der Waals surface area (Å²) in [6.07, 6.45) is 3.69. The van der Waals surface area contributed by atoms with Crippen LogP contribution in [0.4, 0.5) is 17.6 Å². The van der Waals surface area contributed by atoms with Crippen LogP contribution < -0.4 is 10.1 Å². The van der Waals surface area contributed by atoms with Crippen molar-refractivity contribution >= 4 is 23.6 Å². The SMILES string of the molecule is O=C(O)C[C@H](NC(=O)[C@@H]1CCCN(C(=O)C2CCCC2)C1)C(=O)COc1c(F)c(F)cc(F)c1F. The Labute approximate surface area is 198 Å². The average molecular weight is 502 g/mol. The van der Waals surface area contributed by atoms with E-state index in [0.717, 1.165) is 25.7 Å². The van der Waals surface area contributed by atoms with Crippen molar-refractivity contribution < 1.29 is 46.6 Å². The molecule has 2 aliphatic rings. The highest BCUT2D eigenvalue weighted by Gasteiger charge is 2.35. The Bertz CT molecular complexity index is 972. The van der Waals surface area contributed by atoms with E-state index in [1.54, 1.807) is 4.90 Å². The van der Waals surface area contributed by atoms with Gasteiger partial charge in [0.15, 0.2) is 23.2 Å². The fourth-order valence-electron chi connectivity index (χ4n) is 4.45. The molecular weight excluding hydrogens is 476 g/mol. The largest absolute Gasteiger partial charge is 0.481 e. The van der Waals surface area contributed by atoms with E-state index in [1.807, 2.05) is 0 Å². The van der Waals surface area contributed by atoms with Crippen molar-refractivity contribution in [3.63, 3.8) is 0 Å². The molecule has 2 fully saturated rings. The number of benzene rings is 1. The van der Waals surface area contributed by atoms with Gasteiger partial charge in [-0.15, -0.1) is 0 Å². The maximum Gasteiger partial charge on any atom is 0.305 e. The molecule has 0 radical (unpaired) electrons. The lowest BCUT2D eigenvalue weighted by Crippen LogP contribution is -2.51. The quantitative estimate of drug-likeness (QED) is 0.397. The van der Waals surface area contributed by atoms with Gasteiger partial charge in [-0.3, -0.25) is 19.2 Å². The molecule has 1 heterocycles. The third-order valence-electron chi connectivity index (χ3n) is 6.32. The van der Waals surface area contributed by atoms with Crippen molar-refractivity contribution in [3.8, 4) is 5.75 Å². The van der Waals surface area contributed by atoms with Gasteiger partial charge >= 0.3 is 5.97 Å². The smallest absolute Gasteiger partial charge is 0.305 e. The first-order valence-corrected chi connectivity index (χ1v) is 11.4. The van der Waals surface area contributed by atoms with Crippen LogP contribution in [0.15, 0.2) is 6.07 Å². The molecule has 35 heavy (non-hydrogen) atoms. The minimum absolute atomic E-state index is 0.0158. The topological polar surface area (TPSA) is 113 Å². The standard InChI is InChI=1S/C23H26F4N2O6/c24-14-8-15(25)20(27)21(19(14)26)35-11-17(30)16(9-18(31)32)28-22(33)13-6-3-7-29(10-13)23(34)12-4-1-2-5-12/h8,12-13,16H,1-7,9-11H2,(H,28,33)(H,31,32)/t13-,16+/m1/s1. The number of nitrogens with one attached hydrogen (secondary N) is 1. The van der Waals surface area contributed by atoms with E-state index in [-0.39, 0.29) is 24.4 Å². The van der Waals surface area contributed by atoms with Crippen molar-refractivity contribution in [2.75, 3.05) is 19.7 Å². The fraction of sp³-hybridized carbons (Fsp3) is 0.565. The predicted molar refractivity (Wildman–Crippen MR) is 112 cm³/mol. The minimum atomic E-state index is -1.86. The average Bonchev–Trinajstić information content (AvgIpc) is 3.36. The number of amides is 2. The summed E-state index contributed by atoms with van der Waals surface area (Å²) in [5, 5.41) is 11.4. The Balaban J connectivity index is 1.63. The summed E-state index contributed by atoms with van der Waals surface area (Å²) in [7, 11) is 0. The molecule has 1 saturated heterocycles. The molecule has 2 N–H and O–H groups in total. The lowest BCUT2D eigenvalue weighted by Gasteiger charge is -2.34. The van der Waals surface area contributed by atoms with Crippen LogP contribution in [0.2, 0.25) is 0 Å². The number of halogens is 4. The summed E-state index contributed by atoms with van der Waals surface area (Å²) in [6, 6.07) is -1.65. The number of ketones is 1. The maximum atomic E-state index is 13.8. The van der Waals surface area contributed by atoms with E-state index in [9.17, 15) is 36.7 Å². The first kappa shape index (κ1) is 26.4. The summed E-state index contributed by atoms with van der Waals surface area (Å²) in [4.78, 5) is 50.8. The van der Waals surface area contributed by atoms with Gasteiger partial charge in [0.1, 0.15) is 12.6 Å². The molecule has 1 aliphatic carbocycles. The van der Waals surface area contributed by atoms with Gasteiger partial charge in [-0.05, 0) is 25.7 Å². The van der Waals surface area contributed by atoms with Crippen LogP contribution in [0.25, 0.3) is 0 Å². The number of likely N-dealkylation sites (tertiary alicyclic amines) is 1. The van der Waals surface area contributed by atoms with Gasteiger partial charge < -0.3 is 20.1 Å². The second-order valence-electron chi connectivity index (χ2n) is 8.82. The molecule has 1 aliphatic heterocycles. The fourth-order valence-corrected chi connectivity index (χ4v) is 4.45. The highest BCUT2D eigenvalue weighted by molar-refractivity contribution is 5.93. The summed E-state index contributed by atoms with van der Waals surface area (Å²) >= 11 is 0. The van der Waals surface area contributed by atoms with Crippen LogP contribution in [0.3, 0.4) is 0 Å². The van der Waals surface area contributed by atoms with Gasteiger partial charge in [-0.25, -0.2) is 8.78 Å². The zero-order valence-electron chi connectivity index (χ0n) is 18.8. The number of carbonyl (C=O) groups is 4. The number of hydrogen-bond donors (Lipinski definition) is 2. The van der Waals surface area contributed by atoms with Crippen LogP contribution in [0.5, 0.6) is 5.75 Å². The number of piperidine rings is 1. The molecule has 192 valence electrons. The normalized spacial score (nSPS) is 19.3. The number of nitrogens with zero attached hydrogens (tertiary/aromatic N) is 1. The van der Waals surface area contributed by atoms with Crippen LogP contribution in [0.1, 0.15) is 44.9 Å². The molecule has 1 aromatic carbocycles. The monoisotopic (exact) mass is 502 g/mol. The lowest BCUT2D eigenvalue weighted by atomic mass is 9.94. The van der Waals surface area contributed by atoms with Gasteiger partial charge in [0.2, 0.25) is 23.4 Å². The number of rotatable bonds is 9. The third kappa shape index (κ3) is 6.49. The number of carbonyl (C=O) groups excluding carboxylic acids is 3. The van der Waals surface area contributed by atoms with Gasteiger partial charge in [0, 0.05) is 25.1 Å². The molecule has 12 heteroatoms. The Hall–Kier alpha value is -3.18. The van der Waals surface area contributed by atoms with Gasteiger partial charge in [0.05, 0.1) is 12.3 Å². The van der Waals surface area contributed by atoms with Crippen molar-refractivity contribution in [1.82, 2.24) is 10.2 Å². The molecule has 2 atom stereocenters. The van der Waals surface area contributed by atoms with Crippen molar-refractivity contribution in [2.24, 2.45) is 11.8 Å². The number of ether oxygens (including phenoxy) is 1. The van der Waals surface area contributed by atoms with E-state index >= 15 is 0 Å². The van der Waals surface area contributed by atoms with Crippen LogP contribution in [-0.2, 0) is 19.2 Å². The van der Waals surface area contributed by atoms with Crippen molar-refractivity contribution in [3.05, 3.63) is 29.3 Å². The summed E-state index contributed by atoms with van der Waals surface area (Å²) in [5.74, 6) is -12.6. The maximum absolute atomic E-state index is 13.8. The van der Waals surface area contributed by atoms with E-state index in [4.69, 9.17) is 5.11 Å². The summed E-state index contributed by atoms with van der Waals surface area (Å²) in [5.41, 5.74) is 0. The zero-order valence-corrected chi connectivity index (χ0v) is 18.8.